The molecule has 202 valence electrons. The Bertz CT molecular complexity index is 1070. The molecule has 0 bridgehead atoms. The molecule has 2 heterocycles. The van der Waals surface area contributed by atoms with Gasteiger partial charge in [-0.2, -0.15) is 0 Å². The molecule has 0 aliphatic carbocycles. The van der Waals surface area contributed by atoms with Crippen molar-refractivity contribution >= 4 is 51.0 Å². The lowest BCUT2D eigenvalue weighted by Crippen LogP contribution is -2.52. The first kappa shape index (κ1) is 29.5. The summed E-state index contributed by atoms with van der Waals surface area (Å²) in [5, 5.41) is 1.67. The molecule has 0 unspecified atom stereocenters. The van der Waals surface area contributed by atoms with Crippen molar-refractivity contribution in [3.05, 3.63) is 10.8 Å². The summed E-state index contributed by atoms with van der Waals surface area (Å²) in [5.74, 6) is -1.97. The van der Waals surface area contributed by atoms with E-state index in [2.05, 4.69) is 29.9 Å². The predicted octanol–water partition coefficient (Wildman–Crippen LogP) is -0.987. The number of nitrogens with zero attached hydrogens (tertiary/aromatic N) is 4. The summed E-state index contributed by atoms with van der Waals surface area (Å²) >= 11 is 5.77. The molecule has 16 heteroatoms. The van der Waals surface area contributed by atoms with Crippen LogP contribution in [-0.4, -0.2) is 78.5 Å². The standard InChI is InChI=1S/C20H35ClN10O4S/c1-11(2)13(18(24)32)30-36(34,35)12-5-9-31(10-6-12)8-4-3-7-26-20(25)29-19(33)14-16(22)28-17(23)15(21)27-14/h11-13,30H,3-10H2,1-2H3,(H2,24,32)(H4,22,23,28)(H3,25,26,29,33)/t13-/m1/s1. The van der Waals surface area contributed by atoms with Gasteiger partial charge in [-0.15, -0.1) is 0 Å². The minimum Gasteiger partial charge on any atom is -0.382 e. The van der Waals surface area contributed by atoms with Crippen LogP contribution in [0.2, 0.25) is 5.15 Å². The average Bonchev–Trinajstić information content (AvgIpc) is 2.79. The summed E-state index contributed by atoms with van der Waals surface area (Å²) in [6.45, 7) is 5.90. The third-order valence-corrected chi connectivity index (χ3v) is 7.97. The van der Waals surface area contributed by atoms with Gasteiger partial charge in [-0.25, -0.2) is 23.1 Å². The van der Waals surface area contributed by atoms with Gasteiger partial charge in [0.15, 0.2) is 28.4 Å². The largest absolute Gasteiger partial charge is 0.382 e. The van der Waals surface area contributed by atoms with E-state index in [1.807, 2.05) is 0 Å². The molecule has 1 aliphatic rings. The Balaban J connectivity index is 1.72. The SMILES string of the molecule is CC(C)[C@@H](NS(=O)(=O)C1CCN(CCCCN=C(N)NC(=O)c2nc(Cl)c(N)nc2N)CC1)C(N)=O. The predicted molar refractivity (Wildman–Crippen MR) is 138 cm³/mol. The number of sulfonamides is 1. The van der Waals surface area contributed by atoms with Gasteiger partial charge in [-0.05, 0) is 51.2 Å². The second-order valence-corrected chi connectivity index (χ2v) is 11.2. The van der Waals surface area contributed by atoms with Crippen LogP contribution in [0.3, 0.4) is 0 Å². The normalized spacial score (nSPS) is 16.7. The number of rotatable bonds is 11. The van der Waals surface area contributed by atoms with E-state index in [0.717, 1.165) is 13.0 Å². The van der Waals surface area contributed by atoms with Crippen LogP contribution in [0, 0.1) is 5.92 Å². The second-order valence-electron chi connectivity index (χ2n) is 8.89. The molecule has 0 saturated carbocycles. The molecular formula is C20H35ClN10O4S. The molecule has 1 saturated heterocycles. The van der Waals surface area contributed by atoms with Crippen molar-refractivity contribution in [1.29, 1.82) is 0 Å². The van der Waals surface area contributed by atoms with Crippen molar-refractivity contribution in [3.8, 4) is 0 Å². The van der Waals surface area contributed by atoms with E-state index in [9.17, 15) is 18.0 Å². The summed E-state index contributed by atoms with van der Waals surface area (Å²) in [6, 6.07) is -0.916. The van der Waals surface area contributed by atoms with Gasteiger partial charge in [-0.3, -0.25) is 19.9 Å². The fourth-order valence-electron chi connectivity index (χ4n) is 3.71. The molecule has 1 atom stereocenters. The van der Waals surface area contributed by atoms with Crippen molar-refractivity contribution in [1.82, 2.24) is 24.9 Å². The molecule has 0 radical (unpaired) electrons. The van der Waals surface area contributed by atoms with Crippen LogP contribution in [0.5, 0.6) is 0 Å². The number of hydrogen-bond donors (Lipinski definition) is 6. The van der Waals surface area contributed by atoms with Crippen LogP contribution in [-0.2, 0) is 14.8 Å². The number of piperidine rings is 1. The fourth-order valence-corrected chi connectivity index (χ4v) is 5.60. The lowest BCUT2D eigenvalue weighted by atomic mass is 10.1. The minimum absolute atomic E-state index is 0.0854. The monoisotopic (exact) mass is 546 g/mol. The topological polar surface area (TPSA) is 238 Å². The maximum Gasteiger partial charge on any atom is 0.280 e. The molecule has 0 aromatic carbocycles. The first-order valence-corrected chi connectivity index (χ1v) is 13.5. The number of amides is 2. The van der Waals surface area contributed by atoms with E-state index in [0.29, 0.717) is 38.9 Å². The summed E-state index contributed by atoms with van der Waals surface area (Å²) in [4.78, 5) is 37.6. The maximum absolute atomic E-state index is 12.7. The highest BCUT2D eigenvalue weighted by atomic mass is 35.5. The molecule has 1 fully saturated rings. The molecule has 1 aliphatic heterocycles. The zero-order chi connectivity index (χ0) is 27.0. The number of guanidine groups is 1. The number of halogens is 1. The number of primary amides is 1. The third-order valence-electron chi connectivity index (χ3n) is 5.76. The number of nitrogens with two attached hydrogens (primary N) is 4. The van der Waals surface area contributed by atoms with Crippen molar-refractivity contribution < 1.29 is 18.0 Å². The number of hydrogen-bond acceptors (Lipinski definition) is 10. The highest BCUT2D eigenvalue weighted by Crippen LogP contribution is 2.19. The fraction of sp³-hybridized carbons (Fsp3) is 0.650. The molecule has 0 spiro atoms. The number of aliphatic imine (C=N–C) groups is 1. The van der Waals surface area contributed by atoms with Gasteiger partial charge in [0.25, 0.3) is 5.91 Å². The number of nitrogen functional groups attached to an aromatic ring is 2. The van der Waals surface area contributed by atoms with Crippen molar-refractivity contribution in [2.75, 3.05) is 37.6 Å². The number of carbonyl (C=O) groups excluding carboxylic acids is 2. The number of unbranched alkanes of at least 4 members (excludes halogenated alkanes) is 1. The summed E-state index contributed by atoms with van der Waals surface area (Å²) in [5.41, 5.74) is 22.0. The third kappa shape index (κ3) is 8.43. The lowest BCUT2D eigenvalue weighted by Gasteiger charge is -2.32. The first-order valence-electron chi connectivity index (χ1n) is 11.5. The van der Waals surface area contributed by atoms with Gasteiger partial charge in [0, 0.05) is 6.54 Å². The number of anilines is 2. The Morgan fingerprint density at radius 2 is 1.78 bits per heavy atom. The van der Waals surface area contributed by atoms with E-state index in [4.69, 9.17) is 34.5 Å². The molecule has 36 heavy (non-hydrogen) atoms. The maximum atomic E-state index is 12.7. The Morgan fingerprint density at radius 3 is 2.36 bits per heavy atom. The van der Waals surface area contributed by atoms with Crippen LogP contribution in [0.25, 0.3) is 0 Å². The van der Waals surface area contributed by atoms with Gasteiger partial charge in [0.2, 0.25) is 15.9 Å². The van der Waals surface area contributed by atoms with E-state index in [1.165, 1.54) is 0 Å². The molecule has 14 nitrogen and oxygen atoms in total. The van der Waals surface area contributed by atoms with Crippen molar-refractivity contribution in [2.45, 2.75) is 50.8 Å². The zero-order valence-electron chi connectivity index (χ0n) is 20.4. The van der Waals surface area contributed by atoms with Gasteiger partial charge in [-0.1, -0.05) is 25.4 Å². The van der Waals surface area contributed by atoms with Crippen LogP contribution in [0.1, 0.15) is 50.0 Å². The van der Waals surface area contributed by atoms with Crippen molar-refractivity contribution in [3.63, 3.8) is 0 Å². The van der Waals surface area contributed by atoms with E-state index in [-0.39, 0.29) is 34.4 Å². The molecule has 1 aromatic rings. The van der Waals surface area contributed by atoms with E-state index in [1.54, 1.807) is 13.8 Å². The number of aromatic nitrogens is 2. The Hall–Kier alpha value is -2.75. The summed E-state index contributed by atoms with van der Waals surface area (Å²) in [7, 11) is -3.65. The zero-order valence-corrected chi connectivity index (χ0v) is 22.0. The number of likely N-dealkylation sites (tertiary alicyclic amines) is 1. The van der Waals surface area contributed by atoms with Crippen LogP contribution in [0.15, 0.2) is 4.99 Å². The number of nitrogens with one attached hydrogen (secondary N) is 2. The van der Waals surface area contributed by atoms with Gasteiger partial charge < -0.3 is 27.8 Å². The molecule has 1 aromatic heterocycles. The molecular weight excluding hydrogens is 512 g/mol. The smallest absolute Gasteiger partial charge is 0.280 e. The van der Waals surface area contributed by atoms with Crippen LogP contribution < -0.4 is 33.0 Å². The molecule has 2 rings (SSSR count). The second kappa shape index (κ2) is 13.0. The summed E-state index contributed by atoms with van der Waals surface area (Å²) in [6.07, 6.45) is 2.46. The highest BCUT2D eigenvalue weighted by Gasteiger charge is 2.33. The average molecular weight is 547 g/mol. The molecule has 2 amide bonds. The highest BCUT2D eigenvalue weighted by molar-refractivity contribution is 7.90. The number of carbonyl (C=O) groups is 2. The Labute approximate surface area is 215 Å². The Kier molecular flexibility index (Phi) is 10.6. The van der Waals surface area contributed by atoms with Crippen LogP contribution >= 0.6 is 11.6 Å². The van der Waals surface area contributed by atoms with Crippen molar-refractivity contribution in [2.24, 2.45) is 22.4 Å². The summed E-state index contributed by atoms with van der Waals surface area (Å²) < 4.78 is 27.8. The first-order chi connectivity index (χ1) is 16.8. The molecule has 10 N–H and O–H groups in total. The van der Waals surface area contributed by atoms with Gasteiger partial charge in [0.05, 0.1) is 5.25 Å². The quantitative estimate of drug-likeness (QED) is 0.112. The van der Waals surface area contributed by atoms with Gasteiger partial charge in [0.1, 0.15) is 6.04 Å². The Morgan fingerprint density at radius 1 is 1.14 bits per heavy atom. The van der Waals surface area contributed by atoms with E-state index >= 15 is 0 Å². The minimum atomic E-state index is -3.65. The van der Waals surface area contributed by atoms with E-state index < -0.39 is 33.1 Å². The lowest BCUT2D eigenvalue weighted by molar-refractivity contribution is -0.120. The van der Waals surface area contributed by atoms with Gasteiger partial charge >= 0.3 is 0 Å². The van der Waals surface area contributed by atoms with Crippen LogP contribution in [0.4, 0.5) is 11.6 Å².